The molecule has 4 heteroatoms. The summed E-state index contributed by atoms with van der Waals surface area (Å²) in [5, 5.41) is 8.20. The molecule has 1 aromatic rings. The number of nitrogens with one attached hydrogen (secondary N) is 1. The van der Waals surface area contributed by atoms with Crippen LogP contribution in [-0.2, 0) is 6.42 Å². The second-order valence-electron chi connectivity index (χ2n) is 1.98. The van der Waals surface area contributed by atoms with E-state index in [4.69, 9.17) is 5.26 Å². The van der Waals surface area contributed by atoms with Crippen molar-refractivity contribution in [3.8, 4) is 6.07 Å². The summed E-state index contributed by atoms with van der Waals surface area (Å²) in [6, 6.07) is 3.87. The third-order valence-corrected chi connectivity index (χ3v) is 1.20. The standard InChI is InChI=1S/C7H5FN2O/c8-5-1-2-7(11)10-6(5)3-4-9/h1-2H,3H2,(H,10,11). The Bertz CT molecular complexity index is 350. The Morgan fingerprint density at radius 2 is 2.36 bits per heavy atom. The number of aromatic amines is 1. The van der Waals surface area contributed by atoms with Crippen molar-refractivity contribution in [1.82, 2.24) is 4.98 Å². The lowest BCUT2D eigenvalue weighted by Gasteiger charge is -1.94. The van der Waals surface area contributed by atoms with E-state index in [2.05, 4.69) is 4.98 Å². The maximum absolute atomic E-state index is 12.6. The van der Waals surface area contributed by atoms with Crippen molar-refractivity contribution in [1.29, 1.82) is 5.26 Å². The normalized spacial score (nSPS) is 9.09. The van der Waals surface area contributed by atoms with Crippen molar-refractivity contribution in [2.75, 3.05) is 0 Å². The summed E-state index contributed by atoms with van der Waals surface area (Å²) in [4.78, 5) is 12.8. The number of halogens is 1. The van der Waals surface area contributed by atoms with Crippen LogP contribution >= 0.6 is 0 Å². The quantitative estimate of drug-likeness (QED) is 0.639. The van der Waals surface area contributed by atoms with Gasteiger partial charge < -0.3 is 4.98 Å². The Kier molecular flexibility index (Phi) is 2.02. The van der Waals surface area contributed by atoms with Crippen molar-refractivity contribution < 1.29 is 4.39 Å². The summed E-state index contributed by atoms with van der Waals surface area (Å²) in [6.07, 6.45) is -0.109. The van der Waals surface area contributed by atoms with Gasteiger partial charge in [-0.3, -0.25) is 4.79 Å². The zero-order valence-electron chi connectivity index (χ0n) is 5.60. The highest BCUT2D eigenvalue weighted by Gasteiger charge is 2.00. The van der Waals surface area contributed by atoms with Gasteiger partial charge in [0.25, 0.3) is 0 Å². The molecule has 0 atom stereocenters. The van der Waals surface area contributed by atoms with Crippen LogP contribution in [0.25, 0.3) is 0 Å². The van der Waals surface area contributed by atoms with Gasteiger partial charge in [-0.15, -0.1) is 0 Å². The summed E-state index contributed by atoms with van der Waals surface area (Å²) in [5.41, 5.74) is -0.350. The van der Waals surface area contributed by atoms with Crippen molar-refractivity contribution in [3.05, 3.63) is 34.0 Å². The number of hydrogen-bond donors (Lipinski definition) is 1. The predicted octanol–water partition coefficient (Wildman–Crippen LogP) is 0.580. The van der Waals surface area contributed by atoms with Gasteiger partial charge in [0.05, 0.1) is 18.2 Å². The van der Waals surface area contributed by atoms with Crippen molar-refractivity contribution >= 4 is 0 Å². The third-order valence-electron chi connectivity index (χ3n) is 1.20. The molecule has 1 rings (SSSR count). The molecular weight excluding hydrogens is 147 g/mol. The molecule has 0 spiro atoms. The summed E-state index contributed by atoms with van der Waals surface area (Å²) >= 11 is 0. The Balaban J connectivity index is 3.15. The minimum absolute atomic E-state index is 0.0417. The van der Waals surface area contributed by atoms with E-state index in [1.807, 2.05) is 0 Å². The summed E-state index contributed by atoms with van der Waals surface area (Å²) < 4.78 is 12.6. The molecule has 0 saturated carbocycles. The molecule has 0 radical (unpaired) electrons. The molecular formula is C7H5FN2O. The molecule has 11 heavy (non-hydrogen) atoms. The molecule has 0 aliphatic heterocycles. The first-order valence-corrected chi connectivity index (χ1v) is 2.98. The fraction of sp³-hybridized carbons (Fsp3) is 0.143. The molecule has 3 nitrogen and oxygen atoms in total. The van der Waals surface area contributed by atoms with Crippen LogP contribution in [0.3, 0.4) is 0 Å². The Morgan fingerprint density at radius 3 is 3.00 bits per heavy atom. The summed E-state index contributed by atoms with van der Waals surface area (Å²) in [5.74, 6) is -0.550. The lowest BCUT2D eigenvalue weighted by Crippen LogP contribution is -2.08. The fourth-order valence-electron chi connectivity index (χ4n) is 0.707. The smallest absolute Gasteiger partial charge is 0.248 e. The topological polar surface area (TPSA) is 56.6 Å². The Hall–Kier alpha value is -1.63. The summed E-state index contributed by atoms with van der Waals surface area (Å²) in [6.45, 7) is 0. The lowest BCUT2D eigenvalue weighted by atomic mass is 10.3. The van der Waals surface area contributed by atoms with Crippen LogP contribution in [0.4, 0.5) is 4.39 Å². The summed E-state index contributed by atoms with van der Waals surface area (Å²) in [7, 11) is 0. The van der Waals surface area contributed by atoms with Crippen LogP contribution in [0, 0.1) is 17.1 Å². The first kappa shape index (κ1) is 7.48. The highest BCUT2D eigenvalue weighted by molar-refractivity contribution is 5.10. The predicted molar refractivity (Wildman–Crippen MR) is 36.3 cm³/mol. The second kappa shape index (κ2) is 2.97. The molecule has 0 amide bonds. The molecule has 0 aromatic carbocycles. The first-order valence-electron chi connectivity index (χ1n) is 2.98. The van der Waals surface area contributed by atoms with Gasteiger partial charge in [0.15, 0.2) is 0 Å². The van der Waals surface area contributed by atoms with Crippen LogP contribution in [0.1, 0.15) is 5.69 Å². The van der Waals surface area contributed by atoms with E-state index in [-0.39, 0.29) is 12.1 Å². The van der Waals surface area contributed by atoms with Gasteiger partial charge in [0, 0.05) is 6.07 Å². The third kappa shape index (κ3) is 1.64. The van der Waals surface area contributed by atoms with E-state index in [9.17, 15) is 9.18 Å². The van der Waals surface area contributed by atoms with E-state index in [0.717, 1.165) is 12.1 Å². The number of H-pyrrole nitrogens is 1. The zero-order valence-corrected chi connectivity index (χ0v) is 5.60. The largest absolute Gasteiger partial charge is 0.322 e. The van der Waals surface area contributed by atoms with E-state index >= 15 is 0 Å². The van der Waals surface area contributed by atoms with Crippen LogP contribution in [-0.4, -0.2) is 4.98 Å². The highest BCUT2D eigenvalue weighted by atomic mass is 19.1. The van der Waals surface area contributed by atoms with Crippen molar-refractivity contribution in [2.24, 2.45) is 0 Å². The van der Waals surface area contributed by atoms with Crippen LogP contribution < -0.4 is 5.56 Å². The number of nitrogens with zero attached hydrogens (tertiary/aromatic N) is 1. The molecule has 1 N–H and O–H groups in total. The Morgan fingerprint density at radius 1 is 1.64 bits per heavy atom. The maximum atomic E-state index is 12.6. The first-order chi connectivity index (χ1) is 5.24. The van der Waals surface area contributed by atoms with E-state index < -0.39 is 11.4 Å². The van der Waals surface area contributed by atoms with Gasteiger partial charge in [-0.25, -0.2) is 4.39 Å². The van der Waals surface area contributed by atoms with Crippen LogP contribution in [0.15, 0.2) is 16.9 Å². The molecule has 0 aliphatic carbocycles. The van der Waals surface area contributed by atoms with Crippen LogP contribution in [0.5, 0.6) is 0 Å². The van der Waals surface area contributed by atoms with Crippen LogP contribution in [0.2, 0.25) is 0 Å². The van der Waals surface area contributed by atoms with Gasteiger partial charge in [0.2, 0.25) is 5.56 Å². The van der Waals surface area contributed by atoms with Gasteiger partial charge in [-0.05, 0) is 6.07 Å². The van der Waals surface area contributed by atoms with Gasteiger partial charge in [0.1, 0.15) is 5.82 Å². The number of nitriles is 1. The fourth-order valence-corrected chi connectivity index (χ4v) is 0.707. The van der Waals surface area contributed by atoms with Gasteiger partial charge in [-0.2, -0.15) is 5.26 Å². The SMILES string of the molecule is N#CCc1[nH]c(=O)ccc1F. The lowest BCUT2D eigenvalue weighted by molar-refractivity contribution is 0.604. The van der Waals surface area contributed by atoms with Crippen molar-refractivity contribution in [2.45, 2.75) is 6.42 Å². The molecule has 0 saturated heterocycles. The average molecular weight is 152 g/mol. The maximum Gasteiger partial charge on any atom is 0.248 e. The highest BCUT2D eigenvalue weighted by Crippen LogP contribution is 1.99. The molecule has 1 aromatic heterocycles. The Labute approximate surface area is 62.1 Å². The van der Waals surface area contributed by atoms with E-state index in [0.29, 0.717) is 0 Å². The molecule has 1 heterocycles. The monoisotopic (exact) mass is 152 g/mol. The molecule has 0 unspecified atom stereocenters. The minimum atomic E-state index is -0.550. The number of pyridine rings is 1. The molecule has 0 fully saturated rings. The van der Waals surface area contributed by atoms with Crippen molar-refractivity contribution in [3.63, 3.8) is 0 Å². The zero-order chi connectivity index (χ0) is 8.27. The number of hydrogen-bond acceptors (Lipinski definition) is 2. The molecule has 56 valence electrons. The van der Waals surface area contributed by atoms with Gasteiger partial charge >= 0.3 is 0 Å². The number of rotatable bonds is 1. The molecule has 0 bridgehead atoms. The van der Waals surface area contributed by atoms with Gasteiger partial charge in [-0.1, -0.05) is 0 Å². The average Bonchev–Trinajstić information content (AvgIpc) is 1.98. The number of aromatic nitrogens is 1. The van der Waals surface area contributed by atoms with E-state index in [1.165, 1.54) is 0 Å². The second-order valence-corrected chi connectivity index (χ2v) is 1.98. The minimum Gasteiger partial charge on any atom is -0.322 e. The molecule has 0 aliphatic rings. The van der Waals surface area contributed by atoms with E-state index in [1.54, 1.807) is 6.07 Å².